The quantitative estimate of drug-likeness (QED) is 0.133. The third-order valence-corrected chi connectivity index (χ3v) is 10.7. The van der Waals surface area contributed by atoms with Gasteiger partial charge in [-0.1, -0.05) is 133 Å². The summed E-state index contributed by atoms with van der Waals surface area (Å²) >= 11 is 0. The Bertz CT molecular complexity index is 2180. The van der Waals surface area contributed by atoms with Crippen LogP contribution in [0.1, 0.15) is 46.9 Å². The summed E-state index contributed by atoms with van der Waals surface area (Å²) in [7, 11) is 7.75. The number of amides is 2. The predicted octanol–water partition coefficient (Wildman–Crippen LogP) is 7.62. The maximum Gasteiger partial charge on any atom is 0.245 e. The van der Waals surface area contributed by atoms with Gasteiger partial charge in [-0.2, -0.15) is 0 Å². The van der Waals surface area contributed by atoms with Crippen LogP contribution in [0.4, 0.5) is 0 Å². The van der Waals surface area contributed by atoms with Crippen LogP contribution in [0.25, 0.3) is 33.6 Å². The summed E-state index contributed by atoms with van der Waals surface area (Å²) < 4.78 is 0. The second kappa shape index (κ2) is 15.8. The van der Waals surface area contributed by atoms with Crippen molar-refractivity contribution in [1.29, 1.82) is 0 Å². The lowest BCUT2D eigenvalue weighted by Gasteiger charge is -2.31. The van der Waals surface area contributed by atoms with E-state index >= 15 is 0 Å². The zero-order valence-corrected chi connectivity index (χ0v) is 32.1. The topological polar surface area (TPSA) is 104 Å². The Hall–Kier alpha value is -6.36. The predicted molar refractivity (Wildman–Crippen MR) is 220 cm³/mol. The molecule has 0 saturated carbocycles. The van der Waals surface area contributed by atoms with Crippen LogP contribution in [-0.4, -0.2) is 92.6 Å². The summed E-state index contributed by atoms with van der Waals surface area (Å²) in [4.78, 5) is 51.9. The van der Waals surface area contributed by atoms with E-state index in [1.807, 2.05) is 145 Å². The third kappa shape index (κ3) is 7.24. The second-order valence-corrected chi connectivity index (χ2v) is 14.8. The molecule has 56 heavy (non-hydrogen) atoms. The Kier molecular flexibility index (Phi) is 10.3. The SMILES string of the molecule is CN(C)C(C(=O)N1CC=C[C@H]1c1ncc(-c2ccc(-c3ccc(-c4cnc([C@@H]5C=CCN5C(=O)[C@@H](c5ccccc5)N(C)C)[nH]4)cc3)cc2)[nH]1)c1ccccc1. The van der Waals surface area contributed by atoms with Gasteiger partial charge in [0.25, 0.3) is 0 Å². The van der Waals surface area contributed by atoms with Crippen molar-refractivity contribution < 1.29 is 9.59 Å². The lowest BCUT2D eigenvalue weighted by molar-refractivity contribution is -0.137. The fourth-order valence-electron chi connectivity index (χ4n) is 7.83. The molecule has 4 aromatic carbocycles. The van der Waals surface area contributed by atoms with Crippen LogP contribution < -0.4 is 0 Å². The van der Waals surface area contributed by atoms with Crippen molar-refractivity contribution >= 4 is 11.8 Å². The summed E-state index contributed by atoms with van der Waals surface area (Å²) in [5, 5.41) is 0. The van der Waals surface area contributed by atoms with Gasteiger partial charge < -0.3 is 19.8 Å². The van der Waals surface area contributed by atoms with Crippen molar-refractivity contribution in [2.24, 2.45) is 0 Å². The van der Waals surface area contributed by atoms with Crippen LogP contribution in [-0.2, 0) is 9.59 Å². The van der Waals surface area contributed by atoms with Gasteiger partial charge in [0.05, 0.1) is 23.8 Å². The van der Waals surface area contributed by atoms with E-state index in [0.717, 1.165) is 56.4 Å². The Morgan fingerprint density at radius 2 is 0.911 bits per heavy atom. The molecule has 10 nitrogen and oxygen atoms in total. The number of aromatic amines is 2. The number of benzene rings is 4. The van der Waals surface area contributed by atoms with Crippen molar-refractivity contribution in [2.75, 3.05) is 41.3 Å². The third-order valence-electron chi connectivity index (χ3n) is 10.7. The molecule has 1 unspecified atom stereocenters. The van der Waals surface area contributed by atoms with E-state index in [2.05, 4.69) is 58.5 Å². The molecule has 4 atom stereocenters. The number of aromatic nitrogens is 4. The first-order valence-electron chi connectivity index (χ1n) is 18.9. The number of nitrogens with one attached hydrogen (secondary N) is 2. The maximum absolute atomic E-state index is 13.9. The molecule has 8 rings (SSSR count). The molecular formula is C46H46N8O2. The molecule has 0 spiro atoms. The number of likely N-dealkylation sites (N-methyl/N-ethyl adjacent to an activating group) is 2. The first kappa shape index (κ1) is 36.6. The minimum atomic E-state index is -0.384. The fourth-order valence-corrected chi connectivity index (χ4v) is 7.83. The van der Waals surface area contributed by atoms with Gasteiger partial charge >= 0.3 is 0 Å². The molecule has 2 N–H and O–H groups in total. The number of carbonyl (C=O) groups is 2. The van der Waals surface area contributed by atoms with Crippen LogP contribution in [0, 0.1) is 0 Å². The van der Waals surface area contributed by atoms with Crippen molar-refractivity contribution in [3.8, 4) is 33.6 Å². The number of rotatable bonds is 11. The lowest BCUT2D eigenvalue weighted by Crippen LogP contribution is -2.40. The lowest BCUT2D eigenvalue weighted by atomic mass is 10.0. The molecule has 2 aliphatic rings. The second-order valence-electron chi connectivity index (χ2n) is 14.8. The molecule has 6 aromatic rings. The van der Waals surface area contributed by atoms with Gasteiger partial charge in [-0.05, 0) is 61.6 Å². The number of imidazole rings is 2. The Balaban J connectivity index is 0.933. The summed E-state index contributed by atoms with van der Waals surface area (Å²) in [5.41, 5.74) is 7.94. The van der Waals surface area contributed by atoms with Crippen LogP contribution in [0.15, 0.2) is 146 Å². The molecule has 0 saturated heterocycles. The molecule has 0 bridgehead atoms. The molecule has 0 fully saturated rings. The molecule has 4 heterocycles. The number of H-pyrrole nitrogens is 2. The molecule has 0 aliphatic carbocycles. The van der Waals surface area contributed by atoms with Crippen LogP contribution in [0.5, 0.6) is 0 Å². The van der Waals surface area contributed by atoms with E-state index in [1.54, 1.807) is 0 Å². The molecule has 282 valence electrons. The Morgan fingerprint density at radius 3 is 1.27 bits per heavy atom. The van der Waals surface area contributed by atoms with Gasteiger partial charge in [0.2, 0.25) is 11.8 Å². The summed E-state index contributed by atoms with van der Waals surface area (Å²) in [6.45, 7) is 1.08. The average Bonchev–Trinajstić information content (AvgIpc) is 4.06. The van der Waals surface area contributed by atoms with Crippen LogP contribution in [0.3, 0.4) is 0 Å². The van der Waals surface area contributed by atoms with Crippen molar-refractivity contribution in [3.05, 3.63) is 169 Å². The summed E-state index contributed by atoms with van der Waals surface area (Å²) in [5.74, 6) is 1.56. The minimum Gasteiger partial charge on any atom is -0.340 e. The number of carbonyl (C=O) groups excluding carboxylic acids is 2. The standard InChI is InChI=1S/C46H46N8O2/c1-51(2)41(35-13-7-5-8-14-35)45(55)53-27-11-17-39(53)43-47-29-37(49-43)33-23-19-31(20-24-33)32-21-25-34(26-22-32)38-30-48-44(50-38)40-18-12-28-54(40)46(56)42(52(3)4)36-15-9-6-10-16-36/h5-26,29-30,39-42H,27-28H2,1-4H3,(H,47,49)(H,48,50)/t39-,40-,41+,42?/m0/s1. The van der Waals surface area contributed by atoms with Crippen LogP contribution >= 0.6 is 0 Å². The largest absolute Gasteiger partial charge is 0.340 e. The van der Waals surface area contributed by atoms with E-state index in [0.29, 0.717) is 13.1 Å². The highest BCUT2D eigenvalue weighted by molar-refractivity contribution is 5.85. The van der Waals surface area contributed by atoms with Gasteiger partial charge in [-0.3, -0.25) is 19.4 Å². The highest BCUT2D eigenvalue weighted by Crippen LogP contribution is 2.34. The fraction of sp³-hybridized carbons (Fsp3) is 0.217. The van der Waals surface area contributed by atoms with Gasteiger partial charge in [0, 0.05) is 13.1 Å². The van der Waals surface area contributed by atoms with E-state index in [1.165, 1.54) is 0 Å². The first-order valence-corrected chi connectivity index (χ1v) is 18.9. The van der Waals surface area contributed by atoms with E-state index < -0.39 is 0 Å². The highest BCUT2D eigenvalue weighted by atomic mass is 16.2. The Labute approximate surface area is 327 Å². The normalized spacial score (nSPS) is 17.6. The average molecular weight is 743 g/mol. The van der Waals surface area contributed by atoms with Gasteiger partial charge in [0.15, 0.2) is 0 Å². The molecule has 2 aliphatic heterocycles. The molecular weight excluding hydrogens is 697 g/mol. The van der Waals surface area contributed by atoms with Crippen LogP contribution in [0.2, 0.25) is 0 Å². The number of nitrogens with zero attached hydrogens (tertiary/aromatic N) is 6. The number of hydrogen-bond acceptors (Lipinski definition) is 6. The van der Waals surface area contributed by atoms with E-state index in [4.69, 9.17) is 9.97 Å². The zero-order chi connectivity index (χ0) is 38.8. The molecule has 0 radical (unpaired) electrons. The van der Waals surface area contributed by atoms with Crippen molar-refractivity contribution in [1.82, 2.24) is 39.5 Å². The van der Waals surface area contributed by atoms with Gasteiger partial charge in [0.1, 0.15) is 35.8 Å². The maximum atomic E-state index is 13.9. The molecule has 2 amide bonds. The Morgan fingerprint density at radius 1 is 0.554 bits per heavy atom. The first-order chi connectivity index (χ1) is 27.3. The van der Waals surface area contributed by atoms with Gasteiger partial charge in [-0.15, -0.1) is 0 Å². The van der Waals surface area contributed by atoms with Gasteiger partial charge in [-0.25, -0.2) is 9.97 Å². The molecule has 10 heteroatoms. The minimum absolute atomic E-state index is 0.0411. The summed E-state index contributed by atoms with van der Waals surface area (Å²) in [6.07, 6.45) is 11.8. The van der Waals surface area contributed by atoms with E-state index in [9.17, 15) is 9.59 Å². The summed E-state index contributed by atoms with van der Waals surface area (Å²) in [6, 6.07) is 35.3. The smallest absolute Gasteiger partial charge is 0.245 e. The monoisotopic (exact) mass is 742 g/mol. The number of hydrogen-bond donors (Lipinski definition) is 2. The van der Waals surface area contributed by atoms with Crippen molar-refractivity contribution in [2.45, 2.75) is 24.2 Å². The zero-order valence-electron chi connectivity index (χ0n) is 32.1. The van der Waals surface area contributed by atoms with E-state index in [-0.39, 0.29) is 36.0 Å². The van der Waals surface area contributed by atoms with Crippen molar-refractivity contribution in [3.63, 3.8) is 0 Å². The highest BCUT2D eigenvalue weighted by Gasteiger charge is 2.36. The molecule has 2 aromatic heterocycles.